The standard InChI is InChI=1S/C4H9N.C3H7N/c1-2-4-5-3-1;1-3-4-2/h5H,1-4H2;3-4H,1H2,2H3. The fourth-order valence-corrected chi connectivity index (χ4v) is 0.625. The van der Waals surface area contributed by atoms with Gasteiger partial charge in [0.15, 0.2) is 0 Å². The molecule has 1 aliphatic heterocycles. The van der Waals surface area contributed by atoms with Crippen LogP contribution in [0.25, 0.3) is 0 Å². The molecule has 0 amide bonds. The first-order valence-corrected chi connectivity index (χ1v) is 3.40. The van der Waals surface area contributed by atoms with Crippen LogP contribution >= 0.6 is 0 Å². The summed E-state index contributed by atoms with van der Waals surface area (Å²) in [6.07, 6.45) is 4.40. The van der Waals surface area contributed by atoms with Crippen LogP contribution < -0.4 is 10.6 Å². The first-order valence-electron chi connectivity index (χ1n) is 3.40. The van der Waals surface area contributed by atoms with Crippen LogP contribution in [0.2, 0.25) is 0 Å². The highest BCUT2D eigenvalue weighted by Crippen LogP contribution is 1.90. The Balaban J connectivity index is 0.000000148. The molecule has 2 N–H and O–H groups in total. The van der Waals surface area contributed by atoms with Crippen LogP contribution in [0.4, 0.5) is 0 Å². The second-order valence-corrected chi connectivity index (χ2v) is 1.95. The van der Waals surface area contributed by atoms with Gasteiger partial charge in [0.1, 0.15) is 0 Å². The summed E-state index contributed by atoms with van der Waals surface area (Å²) in [5.41, 5.74) is 0. The Morgan fingerprint density at radius 3 is 2.00 bits per heavy atom. The number of rotatable bonds is 1. The summed E-state index contributed by atoms with van der Waals surface area (Å²) in [7, 11) is 1.81. The smallest absolute Gasteiger partial charge is 0.00275 e. The Hall–Kier alpha value is -0.500. The summed E-state index contributed by atoms with van der Waals surface area (Å²) in [6.45, 7) is 5.87. The van der Waals surface area contributed by atoms with E-state index < -0.39 is 0 Å². The van der Waals surface area contributed by atoms with Crippen molar-refractivity contribution in [3.05, 3.63) is 12.8 Å². The van der Waals surface area contributed by atoms with E-state index in [9.17, 15) is 0 Å². The maximum atomic E-state index is 3.37. The van der Waals surface area contributed by atoms with Gasteiger partial charge in [0.05, 0.1) is 0 Å². The molecule has 0 aromatic carbocycles. The van der Waals surface area contributed by atoms with Crippen molar-refractivity contribution < 1.29 is 0 Å². The van der Waals surface area contributed by atoms with Gasteiger partial charge in [-0.1, -0.05) is 6.58 Å². The third kappa shape index (κ3) is 7.50. The lowest BCUT2D eigenvalue weighted by Crippen LogP contribution is -2.03. The summed E-state index contributed by atoms with van der Waals surface area (Å²) >= 11 is 0. The predicted molar refractivity (Wildman–Crippen MR) is 41.4 cm³/mol. The maximum Gasteiger partial charge on any atom is 0.00275 e. The second-order valence-electron chi connectivity index (χ2n) is 1.95. The molecule has 1 fully saturated rings. The van der Waals surface area contributed by atoms with E-state index in [-0.39, 0.29) is 0 Å². The minimum absolute atomic E-state index is 1.25. The molecule has 0 aliphatic carbocycles. The zero-order valence-corrected chi connectivity index (χ0v) is 6.11. The molecule has 54 valence electrons. The highest BCUT2D eigenvalue weighted by atomic mass is 14.9. The summed E-state index contributed by atoms with van der Waals surface area (Å²) < 4.78 is 0. The van der Waals surface area contributed by atoms with Gasteiger partial charge in [-0.3, -0.25) is 0 Å². The highest BCUT2D eigenvalue weighted by molar-refractivity contribution is 4.55. The van der Waals surface area contributed by atoms with E-state index in [4.69, 9.17) is 0 Å². The Labute approximate surface area is 57.3 Å². The van der Waals surface area contributed by atoms with Crippen molar-refractivity contribution in [2.75, 3.05) is 20.1 Å². The lowest BCUT2D eigenvalue weighted by atomic mass is 10.4. The lowest BCUT2D eigenvalue weighted by Gasteiger charge is -1.76. The van der Waals surface area contributed by atoms with Crippen LogP contribution in [0.15, 0.2) is 12.8 Å². The Kier molecular flexibility index (Phi) is 7.08. The highest BCUT2D eigenvalue weighted by Gasteiger charge is 1.93. The molecule has 0 saturated carbocycles. The van der Waals surface area contributed by atoms with Crippen LogP contribution in [0, 0.1) is 0 Å². The molecule has 1 saturated heterocycles. The molecule has 2 heteroatoms. The largest absolute Gasteiger partial charge is 0.394 e. The Morgan fingerprint density at radius 1 is 1.44 bits per heavy atom. The van der Waals surface area contributed by atoms with Gasteiger partial charge in [-0.15, -0.1) is 0 Å². The average molecular weight is 128 g/mol. The topological polar surface area (TPSA) is 24.1 Å². The van der Waals surface area contributed by atoms with Crippen LogP contribution in [0.5, 0.6) is 0 Å². The number of hydrogen-bond acceptors (Lipinski definition) is 2. The van der Waals surface area contributed by atoms with E-state index in [1.807, 2.05) is 7.05 Å². The summed E-state index contributed by atoms with van der Waals surface area (Å²) in [6, 6.07) is 0. The molecule has 0 atom stereocenters. The molecule has 0 unspecified atom stereocenters. The first-order chi connectivity index (χ1) is 4.41. The first kappa shape index (κ1) is 8.50. The van der Waals surface area contributed by atoms with Gasteiger partial charge >= 0.3 is 0 Å². The van der Waals surface area contributed by atoms with Crippen molar-refractivity contribution in [1.29, 1.82) is 0 Å². The molecule has 0 bridgehead atoms. The SMILES string of the molecule is C1CCNC1.C=CNC. The van der Waals surface area contributed by atoms with E-state index in [0.717, 1.165) is 0 Å². The van der Waals surface area contributed by atoms with Crippen molar-refractivity contribution >= 4 is 0 Å². The van der Waals surface area contributed by atoms with Crippen molar-refractivity contribution in [2.24, 2.45) is 0 Å². The molecule has 0 spiro atoms. The van der Waals surface area contributed by atoms with Gasteiger partial charge in [0, 0.05) is 7.05 Å². The van der Waals surface area contributed by atoms with Crippen molar-refractivity contribution in [3.8, 4) is 0 Å². The number of nitrogens with one attached hydrogen (secondary N) is 2. The monoisotopic (exact) mass is 128 g/mol. The minimum atomic E-state index is 1.25. The predicted octanol–water partition coefficient (Wildman–Crippen LogP) is 0.719. The number of hydrogen-bond donors (Lipinski definition) is 2. The fourth-order valence-electron chi connectivity index (χ4n) is 0.625. The van der Waals surface area contributed by atoms with Crippen LogP contribution in [-0.4, -0.2) is 20.1 Å². The molecule has 1 aliphatic rings. The van der Waals surface area contributed by atoms with E-state index in [0.29, 0.717) is 0 Å². The van der Waals surface area contributed by atoms with Crippen molar-refractivity contribution in [1.82, 2.24) is 10.6 Å². The summed E-state index contributed by atoms with van der Waals surface area (Å²) in [4.78, 5) is 0. The molecule has 2 nitrogen and oxygen atoms in total. The van der Waals surface area contributed by atoms with Crippen LogP contribution in [0.3, 0.4) is 0 Å². The second kappa shape index (κ2) is 7.50. The molecular weight excluding hydrogens is 112 g/mol. The molecule has 0 radical (unpaired) electrons. The van der Waals surface area contributed by atoms with E-state index in [1.54, 1.807) is 6.20 Å². The summed E-state index contributed by atoms with van der Waals surface area (Å²) in [5.74, 6) is 0. The van der Waals surface area contributed by atoms with Crippen molar-refractivity contribution in [3.63, 3.8) is 0 Å². The van der Waals surface area contributed by atoms with E-state index in [1.165, 1.54) is 25.9 Å². The van der Waals surface area contributed by atoms with Gasteiger partial charge in [-0.05, 0) is 32.1 Å². The molecule has 0 aromatic heterocycles. The van der Waals surface area contributed by atoms with Gasteiger partial charge in [0.2, 0.25) is 0 Å². The van der Waals surface area contributed by atoms with Gasteiger partial charge < -0.3 is 10.6 Å². The lowest BCUT2D eigenvalue weighted by molar-refractivity contribution is 0.857. The molecule has 1 rings (SSSR count). The van der Waals surface area contributed by atoms with Gasteiger partial charge in [0.25, 0.3) is 0 Å². The van der Waals surface area contributed by atoms with Crippen molar-refractivity contribution in [2.45, 2.75) is 12.8 Å². The van der Waals surface area contributed by atoms with Crippen LogP contribution in [-0.2, 0) is 0 Å². The van der Waals surface area contributed by atoms with E-state index in [2.05, 4.69) is 17.2 Å². The Bertz CT molecular complexity index is 50.3. The molecular formula is C7H16N2. The van der Waals surface area contributed by atoms with E-state index >= 15 is 0 Å². The normalized spacial score (nSPS) is 15.7. The third-order valence-corrected chi connectivity index (χ3v) is 1.16. The zero-order valence-electron chi connectivity index (χ0n) is 6.11. The van der Waals surface area contributed by atoms with Gasteiger partial charge in [-0.2, -0.15) is 0 Å². The Morgan fingerprint density at radius 2 is 1.89 bits per heavy atom. The summed E-state index contributed by atoms with van der Waals surface area (Å²) in [5, 5.41) is 5.92. The quantitative estimate of drug-likeness (QED) is 0.543. The zero-order chi connectivity index (χ0) is 6.95. The minimum Gasteiger partial charge on any atom is -0.394 e. The molecule has 1 heterocycles. The molecule has 0 aromatic rings. The maximum absolute atomic E-state index is 3.37. The average Bonchev–Trinajstić information content (AvgIpc) is 2.43. The van der Waals surface area contributed by atoms with Crippen LogP contribution in [0.1, 0.15) is 12.8 Å². The molecule has 9 heavy (non-hydrogen) atoms. The van der Waals surface area contributed by atoms with Gasteiger partial charge in [-0.25, -0.2) is 0 Å². The fraction of sp³-hybridized carbons (Fsp3) is 0.714. The third-order valence-electron chi connectivity index (χ3n) is 1.16.